The molecule has 1 nitrogen and oxygen atoms in total. The molecule has 0 aliphatic rings. The minimum absolute atomic E-state index is 0.0751. The number of hydrogen-bond donors (Lipinski definition) is 0. The molecule has 0 unspecified atom stereocenters. The Labute approximate surface area is 99.8 Å². The zero-order chi connectivity index (χ0) is 13.8. The van der Waals surface area contributed by atoms with Gasteiger partial charge in [0.1, 0.15) is 5.75 Å². The molecule has 18 heavy (non-hydrogen) atoms. The second kappa shape index (κ2) is 5.54. The van der Waals surface area contributed by atoms with E-state index in [4.69, 9.17) is 4.74 Å². The maximum Gasteiger partial charge on any atom is 0.509 e. The maximum absolute atomic E-state index is 12.4. The van der Waals surface area contributed by atoms with Gasteiger partial charge in [-0.1, -0.05) is 12.1 Å². The molecule has 0 fully saturated rings. The lowest BCUT2D eigenvalue weighted by atomic mass is 9.80. The van der Waals surface area contributed by atoms with Crippen molar-refractivity contribution >= 4 is 12.4 Å². The molecule has 0 N–H and O–H groups in total. The van der Waals surface area contributed by atoms with Gasteiger partial charge in [-0.25, -0.2) is 0 Å². The monoisotopic (exact) mass is 271 g/mol. The van der Waals surface area contributed by atoms with Gasteiger partial charge in [0.05, 0.1) is 6.61 Å². The first-order valence-electron chi connectivity index (χ1n) is 5.18. The van der Waals surface area contributed by atoms with Crippen LogP contribution in [0.2, 0.25) is 0 Å². The van der Waals surface area contributed by atoms with Crippen molar-refractivity contribution in [1.29, 1.82) is 0 Å². The van der Waals surface area contributed by atoms with E-state index in [1.165, 1.54) is 6.07 Å². The van der Waals surface area contributed by atoms with Gasteiger partial charge in [0.15, 0.2) is 0 Å². The third-order valence-electron chi connectivity index (χ3n) is 2.11. The van der Waals surface area contributed by atoms with Crippen LogP contribution < -0.4 is 10.2 Å². The summed E-state index contributed by atoms with van der Waals surface area (Å²) in [6, 6.07) is 4.11. The molecule has 0 amide bonds. The number of alkyl halides is 3. The molecule has 0 saturated heterocycles. The second-order valence-electron chi connectivity index (χ2n) is 3.71. The van der Waals surface area contributed by atoms with E-state index in [1.54, 1.807) is 0 Å². The first-order valence-corrected chi connectivity index (χ1v) is 5.18. The summed E-state index contributed by atoms with van der Waals surface area (Å²) in [5, 5.41) is 0. The Balaban J connectivity index is 2.49. The Hall–Kier alpha value is -1.34. The summed E-state index contributed by atoms with van der Waals surface area (Å²) in [6.07, 6.45) is -5.58. The smallest absolute Gasteiger partial charge is 0.494 e. The highest BCUT2D eigenvalue weighted by atomic mass is 19.4. The number of benzene rings is 1. The van der Waals surface area contributed by atoms with Gasteiger partial charge < -0.3 is 17.7 Å². The molecule has 102 valence electrons. The Kier molecular flexibility index (Phi) is 4.53. The van der Waals surface area contributed by atoms with Crippen LogP contribution in [0.15, 0.2) is 24.3 Å². The van der Waals surface area contributed by atoms with Crippen molar-refractivity contribution in [3.63, 3.8) is 0 Å². The molecule has 0 bridgehead atoms. The highest BCUT2D eigenvalue weighted by Gasteiger charge is 2.27. The minimum atomic E-state index is -5.13. The standard InChI is InChI=1S/C10H10BF6O/c12-10(13,14)5-2-6-18-9-4-1-3-8(7-9)11(15,16)17/h1,3-4,7H,2,5-6H2/q-1. The fourth-order valence-electron chi connectivity index (χ4n) is 1.27. The molecule has 1 aromatic rings. The molecule has 0 saturated carbocycles. The normalized spacial score (nSPS) is 12.6. The third-order valence-corrected chi connectivity index (χ3v) is 2.11. The molecule has 0 heterocycles. The van der Waals surface area contributed by atoms with Crippen LogP contribution in [0.3, 0.4) is 0 Å². The molecule has 0 aliphatic heterocycles. The van der Waals surface area contributed by atoms with Crippen LogP contribution in [-0.2, 0) is 0 Å². The molecule has 8 heteroatoms. The molecule has 0 atom stereocenters. The van der Waals surface area contributed by atoms with E-state index >= 15 is 0 Å². The van der Waals surface area contributed by atoms with E-state index in [0.29, 0.717) is 0 Å². The third kappa shape index (κ3) is 5.33. The van der Waals surface area contributed by atoms with E-state index < -0.39 is 25.0 Å². The number of hydrogen-bond acceptors (Lipinski definition) is 1. The van der Waals surface area contributed by atoms with Gasteiger partial charge in [0.2, 0.25) is 0 Å². The molecule has 0 radical (unpaired) electrons. The van der Waals surface area contributed by atoms with E-state index in [2.05, 4.69) is 0 Å². The zero-order valence-electron chi connectivity index (χ0n) is 9.18. The van der Waals surface area contributed by atoms with Gasteiger partial charge in [0.25, 0.3) is 0 Å². The average Bonchev–Trinajstić information content (AvgIpc) is 2.22. The molecule has 0 aliphatic carbocycles. The summed E-state index contributed by atoms with van der Waals surface area (Å²) in [6.45, 7) is -5.40. The van der Waals surface area contributed by atoms with Crippen LogP contribution in [0.1, 0.15) is 12.8 Å². The molecular formula is C10H10BF6O-. The molecular weight excluding hydrogens is 261 g/mol. The quantitative estimate of drug-likeness (QED) is 0.452. The predicted octanol–water partition coefficient (Wildman–Crippen LogP) is 3.46. The van der Waals surface area contributed by atoms with Crippen LogP contribution in [0.5, 0.6) is 5.75 Å². The van der Waals surface area contributed by atoms with Gasteiger partial charge in [-0.3, -0.25) is 0 Å². The Morgan fingerprint density at radius 2 is 1.78 bits per heavy atom. The van der Waals surface area contributed by atoms with Crippen LogP contribution in [0.4, 0.5) is 26.1 Å². The van der Waals surface area contributed by atoms with Crippen LogP contribution in [0.25, 0.3) is 0 Å². The van der Waals surface area contributed by atoms with Crippen LogP contribution >= 0.6 is 0 Å². The van der Waals surface area contributed by atoms with Gasteiger partial charge in [-0.2, -0.15) is 13.2 Å². The van der Waals surface area contributed by atoms with E-state index in [9.17, 15) is 26.1 Å². The second-order valence-corrected chi connectivity index (χ2v) is 3.71. The SMILES string of the molecule is F[B-](F)(F)c1cccc(OCCCC(F)(F)F)c1. The van der Waals surface area contributed by atoms with Crippen LogP contribution in [0, 0.1) is 0 Å². The van der Waals surface area contributed by atoms with Gasteiger partial charge in [0, 0.05) is 6.42 Å². The first kappa shape index (κ1) is 14.7. The fourth-order valence-corrected chi connectivity index (χ4v) is 1.27. The van der Waals surface area contributed by atoms with Crippen molar-refractivity contribution in [2.75, 3.05) is 6.61 Å². The lowest BCUT2D eigenvalue weighted by Gasteiger charge is -2.16. The number of rotatable bonds is 5. The van der Waals surface area contributed by atoms with Crippen molar-refractivity contribution < 1.29 is 30.9 Å². The summed E-state index contributed by atoms with van der Waals surface area (Å²) >= 11 is 0. The largest absolute Gasteiger partial charge is 0.509 e. The summed E-state index contributed by atoms with van der Waals surface area (Å²) in [4.78, 5) is 0. The topological polar surface area (TPSA) is 9.23 Å². The van der Waals surface area contributed by atoms with Crippen LogP contribution in [-0.4, -0.2) is 19.8 Å². The summed E-state index contributed by atoms with van der Waals surface area (Å²) in [7, 11) is 0. The molecule has 0 spiro atoms. The van der Waals surface area contributed by atoms with E-state index in [0.717, 1.165) is 18.2 Å². The van der Waals surface area contributed by atoms with Crippen molar-refractivity contribution in [1.82, 2.24) is 0 Å². The zero-order valence-corrected chi connectivity index (χ0v) is 9.18. The molecule has 1 aromatic carbocycles. The lowest BCUT2D eigenvalue weighted by Crippen LogP contribution is -2.33. The summed E-state index contributed by atoms with van der Waals surface area (Å²) < 4.78 is 77.4. The van der Waals surface area contributed by atoms with Gasteiger partial charge in [-0.15, -0.1) is 5.46 Å². The van der Waals surface area contributed by atoms with E-state index in [-0.39, 0.29) is 18.8 Å². The van der Waals surface area contributed by atoms with E-state index in [1.807, 2.05) is 0 Å². The lowest BCUT2D eigenvalue weighted by molar-refractivity contribution is -0.136. The van der Waals surface area contributed by atoms with Gasteiger partial charge in [-0.05, 0) is 18.6 Å². The summed E-state index contributed by atoms with van der Waals surface area (Å²) in [5.74, 6) is -0.0751. The fraction of sp³-hybridized carbons (Fsp3) is 0.400. The Morgan fingerprint density at radius 3 is 2.33 bits per heavy atom. The summed E-state index contributed by atoms with van der Waals surface area (Å²) in [5.41, 5.74) is -0.830. The highest BCUT2D eigenvalue weighted by Crippen LogP contribution is 2.21. The average molecular weight is 271 g/mol. The molecule has 1 rings (SSSR count). The van der Waals surface area contributed by atoms with Crippen molar-refractivity contribution in [2.24, 2.45) is 0 Å². The number of ether oxygens (including phenoxy) is 1. The Bertz CT molecular complexity index is 387. The first-order chi connectivity index (χ1) is 8.18. The van der Waals surface area contributed by atoms with Crippen molar-refractivity contribution in [3.05, 3.63) is 24.3 Å². The van der Waals surface area contributed by atoms with Gasteiger partial charge >= 0.3 is 13.2 Å². The maximum atomic E-state index is 12.4. The van der Waals surface area contributed by atoms with Crippen molar-refractivity contribution in [3.8, 4) is 5.75 Å². The highest BCUT2D eigenvalue weighted by molar-refractivity contribution is 6.73. The number of halogens is 6. The van der Waals surface area contributed by atoms with Crippen molar-refractivity contribution in [2.45, 2.75) is 19.0 Å². The predicted molar refractivity (Wildman–Crippen MR) is 55.9 cm³/mol. The molecule has 0 aromatic heterocycles. The minimum Gasteiger partial charge on any atom is -0.494 e. The Morgan fingerprint density at radius 1 is 1.11 bits per heavy atom.